The van der Waals surface area contributed by atoms with E-state index in [1.165, 1.54) is 17.6 Å². The Kier molecular flexibility index (Phi) is 3.65. The number of benzene rings is 1. The Hall–Kier alpha value is -1.14. The van der Waals surface area contributed by atoms with Gasteiger partial charge in [-0.1, -0.05) is 17.7 Å². The number of alkyl halides is 2. The summed E-state index contributed by atoms with van der Waals surface area (Å²) in [7, 11) is 0. The maximum atomic E-state index is 13.1. The van der Waals surface area contributed by atoms with E-state index in [1.807, 2.05) is 6.92 Å². The number of nitrogens with two attached hydrogens (primary N) is 1. The van der Waals surface area contributed by atoms with Crippen LogP contribution >= 0.6 is 11.8 Å². The molecule has 0 aliphatic rings. The summed E-state index contributed by atoms with van der Waals surface area (Å²) in [6.07, 6.45) is 0. The average molecular weight is 232 g/mol. The number of amides is 1. The van der Waals surface area contributed by atoms with E-state index in [2.05, 4.69) is 5.84 Å². The molecule has 15 heavy (non-hydrogen) atoms. The maximum Gasteiger partial charge on any atom is 0.376 e. The summed E-state index contributed by atoms with van der Waals surface area (Å²) in [5.74, 6) is 3.14. The number of carbonyl (C=O) groups excluding carboxylic acids is 1. The largest absolute Gasteiger partial charge is 0.376 e. The van der Waals surface area contributed by atoms with Gasteiger partial charge in [-0.25, -0.2) is 5.84 Å². The van der Waals surface area contributed by atoms with E-state index in [9.17, 15) is 13.6 Å². The Morgan fingerprint density at radius 1 is 1.40 bits per heavy atom. The number of halogens is 2. The second-order valence-corrected chi connectivity index (χ2v) is 4.09. The quantitative estimate of drug-likeness (QED) is 0.361. The Morgan fingerprint density at radius 3 is 2.40 bits per heavy atom. The van der Waals surface area contributed by atoms with Crippen LogP contribution in [0.4, 0.5) is 8.78 Å². The van der Waals surface area contributed by atoms with E-state index >= 15 is 0 Å². The molecule has 3 N–H and O–H groups in total. The normalized spacial score (nSPS) is 11.2. The Bertz CT molecular complexity index is 354. The minimum absolute atomic E-state index is 0.162. The molecule has 0 saturated heterocycles. The lowest BCUT2D eigenvalue weighted by Crippen LogP contribution is -2.41. The lowest BCUT2D eigenvalue weighted by Gasteiger charge is -2.13. The molecule has 0 aromatic heterocycles. The highest BCUT2D eigenvalue weighted by molar-refractivity contribution is 8.01. The summed E-state index contributed by atoms with van der Waals surface area (Å²) in [4.78, 5) is 11.0. The molecule has 82 valence electrons. The van der Waals surface area contributed by atoms with Crippen molar-refractivity contribution in [3.8, 4) is 0 Å². The van der Waals surface area contributed by atoms with E-state index in [-0.39, 0.29) is 11.8 Å². The van der Waals surface area contributed by atoms with Crippen LogP contribution in [0.5, 0.6) is 0 Å². The monoisotopic (exact) mass is 232 g/mol. The van der Waals surface area contributed by atoms with E-state index in [0.717, 1.165) is 5.56 Å². The van der Waals surface area contributed by atoms with Crippen LogP contribution in [0, 0.1) is 6.92 Å². The molecule has 0 heterocycles. The van der Waals surface area contributed by atoms with E-state index in [1.54, 1.807) is 12.1 Å². The van der Waals surface area contributed by atoms with Gasteiger partial charge in [0.15, 0.2) is 0 Å². The van der Waals surface area contributed by atoms with Crippen molar-refractivity contribution >= 4 is 17.7 Å². The standard InChI is InChI=1S/C9H10F2N2OS/c1-6-2-4-7(5-3-6)15-9(10,11)8(14)13-12/h2-5H,12H2,1H3,(H,13,14). The first-order valence-corrected chi connectivity index (χ1v) is 4.92. The van der Waals surface area contributed by atoms with Crippen LogP contribution in [-0.2, 0) is 4.79 Å². The number of thioether (sulfide) groups is 1. The zero-order chi connectivity index (χ0) is 11.5. The van der Waals surface area contributed by atoms with Crippen LogP contribution in [-0.4, -0.2) is 11.2 Å². The average Bonchev–Trinajstić information content (AvgIpc) is 2.20. The van der Waals surface area contributed by atoms with Crippen molar-refractivity contribution in [2.45, 2.75) is 17.1 Å². The number of hydrogen-bond donors (Lipinski definition) is 2. The second-order valence-electron chi connectivity index (χ2n) is 2.91. The number of hydrogen-bond acceptors (Lipinski definition) is 3. The molecule has 3 nitrogen and oxygen atoms in total. The second kappa shape index (κ2) is 4.59. The minimum Gasteiger partial charge on any atom is -0.288 e. The van der Waals surface area contributed by atoms with Gasteiger partial charge in [-0.05, 0) is 30.8 Å². The predicted molar refractivity (Wildman–Crippen MR) is 54.3 cm³/mol. The fourth-order valence-electron chi connectivity index (χ4n) is 0.885. The molecular formula is C9H10F2N2OS. The van der Waals surface area contributed by atoms with Crippen molar-refractivity contribution in [1.29, 1.82) is 0 Å². The molecule has 1 amide bonds. The molecule has 0 fully saturated rings. The van der Waals surface area contributed by atoms with Gasteiger partial charge in [0.2, 0.25) is 0 Å². The molecular weight excluding hydrogens is 222 g/mol. The van der Waals surface area contributed by atoms with Gasteiger partial charge in [0.1, 0.15) is 0 Å². The number of nitrogens with one attached hydrogen (secondary N) is 1. The van der Waals surface area contributed by atoms with Crippen LogP contribution < -0.4 is 11.3 Å². The van der Waals surface area contributed by atoms with Crippen LogP contribution in [0.2, 0.25) is 0 Å². The van der Waals surface area contributed by atoms with Crippen LogP contribution in [0.25, 0.3) is 0 Å². The smallest absolute Gasteiger partial charge is 0.288 e. The molecule has 0 bridgehead atoms. The zero-order valence-electron chi connectivity index (χ0n) is 7.96. The topological polar surface area (TPSA) is 55.1 Å². The van der Waals surface area contributed by atoms with Gasteiger partial charge in [0.25, 0.3) is 0 Å². The SMILES string of the molecule is Cc1ccc(SC(F)(F)C(=O)NN)cc1. The molecule has 0 unspecified atom stereocenters. The molecule has 0 atom stereocenters. The summed E-state index contributed by atoms with van der Waals surface area (Å²) in [6, 6.07) is 6.44. The Labute approximate surface area is 90.0 Å². The third-order valence-corrected chi connectivity index (χ3v) is 2.61. The van der Waals surface area contributed by atoms with Gasteiger partial charge in [0, 0.05) is 4.90 Å². The highest BCUT2D eigenvalue weighted by atomic mass is 32.2. The van der Waals surface area contributed by atoms with Crippen LogP contribution in [0.3, 0.4) is 0 Å². The van der Waals surface area contributed by atoms with Gasteiger partial charge in [-0.3, -0.25) is 10.2 Å². The molecule has 1 aromatic carbocycles. The van der Waals surface area contributed by atoms with Crippen LogP contribution in [0.15, 0.2) is 29.2 Å². The molecule has 1 aromatic rings. The van der Waals surface area contributed by atoms with Crippen LogP contribution in [0.1, 0.15) is 5.56 Å². The van der Waals surface area contributed by atoms with Crippen molar-refractivity contribution < 1.29 is 13.6 Å². The third kappa shape index (κ3) is 3.17. The summed E-state index contributed by atoms with van der Waals surface area (Å²) in [6.45, 7) is 1.85. The summed E-state index contributed by atoms with van der Waals surface area (Å²) < 4.78 is 26.1. The van der Waals surface area contributed by atoms with Gasteiger partial charge in [-0.2, -0.15) is 8.78 Å². The molecule has 0 radical (unpaired) electrons. The molecule has 0 aliphatic heterocycles. The third-order valence-electron chi connectivity index (χ3n) is 1.66. The Balaban J connectivity index is 2.77. The Morgan fingerprint density at radius 2 is 1.93 bits per heavy atom. The highest BCUT2D eigenvalue weighted by Gasteiger charge is 2.39. The number of carbonyl (C=O) groups is 1. The lowest BCUT2D eigenvalue weighted by molar-refractivity contribution is -0.134. The molecule has 0 aliphatic carbocycles. The van der Waals surface area contributed by atoms with E-state index in [4.69, 9.17) is 0 Å². The van der Waals surface area contributed by atoms with Gasteiger partial charge in [0.05, 0.1) is 0 Å². The summed E-state index contributed by atoms with van der Waals surface area (Å²) in [5, 5.41) is -3.55. The maximum absolute atomic E-state index is 13.1. The van der Waals surface area contributed by atoms with Gasteiger partial charge >= 0.3 is 11.2 Å². The van der Waals surface area contributed by atoms with E-state index < -0.39 is 11.2 Å². The molecule has 6 heteroatoms. The number of rotatable bonds is 3. The predicted octanol–water partition coefficient (Wildman–Crippen LogP) is 1.67. The fourth-order valence-corrected chi connectivity index (χ4v) is 1.60. The van der Waals surface area contributed by atoms with Gasteiger partial charge < -0.3 is 0 Å². The highest BCUT2D eigenvalue weighted by Crippen LogP contribution is 2.35. The summed E-state index contributed by atoms with van der Waals surface area (Å²) in [5.41, 5.74) is 2.39. The fraction of sp³-hybridized carbons (Fsp3) is 0.222. The van der Waals surface area contributed by atoms with Crippen molar-refractivity contribution in [2.24, 2.45) is 5.84 Å². The zero-order valence-corrected chi connectivity index (χ0v) is 8.78. The van der Waals surface area contributed by atoms with Crippen molar-refractivity contribution in [2.75, 3.05) is 0 Å². The molecule has 1 rings (SSSR count). The van der Waals surface area contributed by atoms with Crippen molar-refractivity contribution in [3.63, 3.8) is 0 Å². The molecule has 0 saturated carbocycles. The first kappa shape index (κ1) is 11.9. The first-order valence-electron chi connectivity index (χ1n) is 4.10. The summed E-state index contributed by atoms with van der Waals surface area (Å²) >= 11 is 0.162. The number of hydrazine groups is 1. The van der Waals surface area contributed by atoms with Crippen molar-refractivity contribution in [3.05, 3.63) is 29.8 Å². The first-order chi connectivity index (χ1) is 6.95. The lowest BCUT2D eigenvalue weighted by atomic mass is 10.2. The van der Waals surface area contributed by atoms with E-state index in [0.29, 0.717) is 4.90 Å². The van der Waals surface area contributed by atoms with Crippen molar-refractivity contribution in [1.82, 2.24) is 5.43 Å². The minimum atomic E-state index is -3.55. The molecule has 0 spiro atoms. The van der Waals surface area contributed by atoms with Gasteiger partial charge in [-0.15, -0.1) is 0 Å². The number of aryl methyl sites for hydroxylation is 1.